The summed E-state index contributed by atoms with van der Waals surface area (Å²) in [4.78, 5) is 7.62. The van der Waals surface area contributed by atoms with Gasteiger partial charge in [-0.05, 0) is 58.3 Å². The van der Waals surface area contributed by atoms with Crippen LogP contribution >= 0.6 is 0 Å². The molecule has 2 aromatic carbocycles. The lowest BCUT2D eigenvalue weighted by atomic mass is 9.73. The molecule has 120 valence electrons. The molecule has 1 aliphatic rings. The minimum atomic E-state index is 0.713. The fourth-order valence-corrected chi connectivity index (χ4v) is 3.95. The van der Waals surface area contributed by atoms with Crippen molar-refractivity contribution in [2.45, 2.75) is 38.5 Å². The molecule has 0 bridgehead atoms. The Balaban J connectivity index is 1.73. The third-order valence-corrected chi connectivity index (χ3v) is 5.18. The first-order chi connectivity index (χ1) is 11.8. The highest BCUT2D eigenvalue weighted by Gasteiger charge is 2.26. The number of hydrogen-bond donors (Lipinski definition) is 0. The van der Waals surface area contributed by atoms with E-state index < -0.39 is 0 Å². The van der Waals surface area contributed by atoms with Gasteiger partial charge in [0.2, 0.25) is 0 Å². The summed E-state index contributed by atoms with van der Waals surface area (Å²) < 4.78 is 0. The predicted octanol–water partition coefficient (Wildman–Crippen LogP) is 6.47. The van der Waals surface area contributed by atoms with Gasteiger partial charge in [0.05, 0.1) is 0 Å². The molecule has 0 N–H and O–H groups in total. The zero-order chi connectivity index (χ0) is 16.8. The second-order valence-corrected chi connectivity index (χ2v) is 6.81. The zero-order valence-electron chi connectivity index (χ0n) is 14.1. The molecule has 2 aromatic rings. The number of hydrogen-bond acceptors (Lipinski definition) is 0. The molecular weight excluding hydrogens is 292 g/mol. The van der Waals surface area contributed by atoms with Crippen LogP contribution in [-0.2, 0) is 12.8 Å². The summed E-state index contributed by atoms with van der Waals surface area (Å²) in [6, 6.07) is 16.6. The monoisotopic (exact) mass is 316 g/mol. The molecular formula is C22H24N2+2. The molecule has 2 unspecified atom stereocenters. The van der Waals surface area contributed by atoms with E-state index in [4.69, 9.17) is 13.1 Å². The fraction of sp³-hybridized carbons (Fsp3) is 0.364. The van der Waals surface area contributed by atoms with E-state index in [0.717, 1.165) is 24.2 Å². The lowest BCUT2D eigenvalue weighted by Crippen LogP contribution is -2.23. The van der Waals surface area contributed by atoms with Crippen molar-refractivity contribution < 1.29 is 0 Å². The van der Waals surface area contributed by atoms with E-state index >= 15 is 0 Å². The van der Waals surface area contributed by atoms with Gasteiger partial charge in [-0.25, -0.2) is 0 Å². The third-order valence-electron chi connectivity index (χ3n) is 5.18. The Morgan fingerprint density at radius 2 is 1.21 bits per heavy atom. The predicted molar refractivity (Wildman–Crippen MR) is 102 cm³/mol. The largest absolute Gasteiger partial charge is 0.340 e. The Hall–Kier alpha value is -2.58. The highest BCUT2D eigenvalue weighted by atomic mass is 14.6. The highest BCUT2D eigenvalue weighted by Crippen LogP contribution is 2.35. The molecule has 2 nitrogen and oxygen atoms in total. The fourth-order valence-electron chi connectivity index (χ4n) is 3.95. The van der Waals surface area contributed by atoms with Crippen LogP contribution in [0, 0.1) is 25.0 Å². The van der Waals surface area contributed by atoms with Crippen LogP contribution in [0.2, 0.25) is 0 Å². The lowest BCUT2D eigenvalue weighted by molar-refractivity contribution is 0.234. The Bertz CT molecular complexity index is 712. The van der Waals surface area contributed by atoms with Crippen molar-refractivity contribution in [3.8, 4) is 13.1 Å². The van der Waals surface area contributed by atoms with Crippen LogP contribution in [0.4, 0.5) is 11.4 Å². The van der Waals surface area contributed by atoms with Gasteiger partial charge in [-0.1, -0.05) is 37.1 Å². The van der Waals surface area contributed by atoms with Crippen LogP contribution in [0.1, 0.15) is 36.8 Å². The van der Waals surface area contributed by atoms with Crippen LogP contribution in [0.15, 0.2) is 48.5 Å². The maximum Gasteiger partial charge on any atom is 0.340 e. The van der Waals surface area contributed by atoms with E-state index in [0.29, 0.717) is 11.8 Å². The number of nitrogens with zero attached hydrogens (tertiary/aromatic N) is 2. The summed E-state index contributed by atoms with van der Waals surface area (Å²) in [5, 5.41) is 0. The Labute approximate surface area is 144 Å². The van der Waals surface area contributed by atoms with E-state index in [9.17, 15) is 0 Å². The zero-order valence-corrected chi connectivity index (χ0v) is 14.1. The standard InChI is InChI=1S/C22H24N2/c1-23-21-11-5-7-17(15-21)13-19-9-3-4-10-20(19)14-18-8-6-12-22(16-18)24-2/h1-2,5-8,11-12,15-16,19-20H,3-4,9-10,13-14H2/q+2. The van der Waals surface area contributed by atoms with Gasteiger partial charge >= 0.3 is 11.4 Å². The molecule has 1 saturated carbocycles. The first kappa shape index (κ1) is 16.3. The summed E-state index contributed by atoms with van der Waals surface area (Å²) >= 11 is 0. The van der Waals surface area contributed by atoms with E-state index in [1.165, 1.54) is 36.8 Å². The number of rotatable bonds is 4. The van der Waals surface area contributed by atoms with Gasteiger partial charge < -0.3 is 0 Å². The van der Waals surface area contributed by atoms with Crippen molar-refractivity contribution in [3.05, 3.63) is 69.3 Å². The topological polar surface area (TPSA) is 8.72 Å². The molecule has 0 spiro atoms. The van der Waals surface area contributed by atoms with E-state index in [-0.39, 0.29) is 0 Å². The van der Waals surface area contributed by atoms with Gasteiger partial charge in [-0.3, -0.25) is 0 Å². The van der Waals surface area contributed by atoms with Crippen molar-refractivity contribution in [2.24, 2.45) is 11.8 Å². The molecule has 1 fully saturated rings. The average Bonchev–Trinajstić information content (AvgIpc) is 2.64. The Morgan fingerprint density at radius 1 is 0.750 bits per heavy atom. The van der Waals surface area contributed by atoms with Gasteiger partial charge in [0.1, 0.15) is 0 Å². The average molecular weight is 316 g/mol. The van der Waals surface area contributed by atoms with E-state index in [2.05, 4.69) is 34.0 Å². The van der Waals surface area contributed by atoms with Gasteiger partial charge in [0, 0.05) is 24.3 Å². The van der Waals surface area contributed by atoms with Crippen LogP contribution in [-0.4, -0.2) is 0 Å². The summed E-state index contributed by atoms with van der Waals surface area (Å²) in [7, 11) is 0. The molecule has 0 heterocycles. The van der Waals surface area contributed by atoms with Crippen molar-refractivity contribution in [1.29, 1.82) is 0 Å². The summed E-state index contributed by atoms with van der Waals surface area (Å²) in [6.07, 6.45) is 7.48. The molecule has 24 heavy (non-hydrogen) atoms. The second kappa shape index (κ2) is 7.80. The summed E-state index contributed by atoms with van der Waals surface area (Å²) in [5.41, 5.74) is 4.39. The minimum Gasteiger partial charge on any atom is -0.0585 e. The van der Waals surface area contributed by atoms with Crippen molar-refractivity contribution in [3.63, 3.8) is 0 Å². The van der Waals surface area contributed by atoms with Crippen molar-refractivity contribution in [2.75, 3.05) is 0 Å². The molecule has 1 aliphatic carbocycles. The summed E-state index contributed by atoms with van der Waals surface area (Å²) in [6.45, 7) is 10.8. The van der Waals surface area contributed by atoms with Crippen LogP contribution in [0.5, 0.6) is 0 Å². The van der Waals surface area contributed by atoms with Gasteiger partial charge in [0.15, 0.2) is 0 Å². The third kappa shape index (κ3) is 4.03. The molecule has 0 saturated heterocycles. The normalized spacial score (nSPS) is 20.1. The molecule has 3 rings (SSSR count). The van der Waals surface area contributed by atoms with E-state index in [1.54, 1.807) is 0 Å². The Kier molecular flexibility index (Phi) is 5.29. The second-order valence-electron chi connectivity index (χ2n) is 6.81. The SMILES string of the molecule is C#[N+]c1cccc(CC2CCCCC2Cc2cccc([N+]#C)c2)c1. The lowest BCUT2D eigenvalue weighted by Gasteiger charge is -2.31. The van der Waals surface area contributed by atoms with Gasteiger partial charge in [-0.15, -0.1) is 0 Å². The maximum atomic E-state index is 5.41. The number of benzene rings is 2. The van der Waals surface area contributed by atoms with Gasteiger partial charge in [0.25, 0.3) is 13.1 Å². The first-order valence-electron chi connectivity index (χ1n) is 8.78. The minimum absolute atomic E-state index is 0.713. The van der Waals surface area contributed by atoms with Crippen molar-refractivity contribution >= 4 is 11.4 Å². The van der Waals surface area contributed by atoms with Crippen LogP contribution < -0.4 is 0 Å². The highest BCUT2D eigenvalue weighted by molar-refractivity contribution is 5.48. The molecule has 0 aliphatic heterocycles. The van der Waals surface area contributed by atoms with Crippen LogP contribution in [0.3, 0.4) is 0 Å². The van der Waals surface area contributed by atoms with Crippen molar-refractivity contribution in [1.82, 2.24) is 0 Å². The molecule has 0 amide bonds. The molecule has 0 aromatic heterocycles. The molecule has 0 radical (unpaired) electrons. The quantitative estimate of drug-likeness (QED) is 0.611. The molecule has 2 atom stereocenters. The molecule has 2 heteroatoms. The Morgan fingerprint density at radius 3 is 1.62 bits per heavy atom. The summed E-state index contributed by atoms with van der Waals surface area (Å²) in [5.74, 6) is 1.43. The maximum absolute atomic E-state index is 5.41. The van der Waals surface area contributed by atoms with E-state index in [1.807, 2.05) is 24.3 Å². The first-order valence-corrected chi connectivity index (χ1v) is 8.78. The smallest absolute Gasteiger partial charge is 0.0585 e. The van der Waals surface area contributed by atoms with Gasteiger partial charge in [-0.2, -0.15) is 0 Å². The van der Waals surface area contributed by atoms with Crippen LogP contribution in [0.25, 0.3) is 9.69 Å².